The van der Waals surface area contributed by atoms with Crippen molar-refractivity contribution in [2.75, 3.05) is 26.2 Å². The molecule has 0 unspecified atom stereocenters. The Morgan fingerprint density at radius 2 is 1.60 bits per heavy atom. The maximum absolute atomic E-state index is 13.2. The molecule has 0 saturated carbocycles. The molecular weight excluding hydrogens is 522 g/mol. The zero-order valence-corrected chi connectivity index (χ0v) is 24.6. The lowest BCUT2D eigenvalue weighted by Crippen LogP contribution is -2.37. The highest BCUT2D eigenvalue weighted by molar-refractivity contribution is 5.96. The fraction of sp³-hybridized carbons (Fsp3) is 0.400. The summed E-state index contributed by atoms with van der Waals surface area (Å²) in [6, 6.07) is 22.5. The number of pyridine rings is 1. The standard InChI is InChI=1S/C35H41N5O2/c1-27-8-10-29(11-9-27)24-38-17-12-28(13-18-38)21-34(41)31-5-4-6-33(22-31)42-32-14-19-39(20-15-32)25-30-23-37-40(26-30)35-7-2-3-16-36-35/h2-11,16,22-23,26,28,32H,12-15,17-21,24-25H2,1H3. The average molecular weight is 564 g/mol. The summed E-state index contributed by atoms with van der Waals surface area (Å²) in [6.45, 7) is 8.05. The van der Waals surface area contributed by atoms with E-state index in [0.29, 0.717) is 12.3 Å². The van der Waals surface area contributed by atoms with Crippen LogP contribution in [0.25, 0.3) is 5.82 Å². The summed E-state index contributed by atoms with van der Waals surface area (Å²) in [4.78, 5) is 22.5. The Labute approximate surface area is 249 Å². The van der Waals surface area contributed by atoms with E-state index < -0.39 is 0 Å². The zero-order valence-electron chi connectivity index (χ0n) is 24.6. The molecule has 0 amide bonds. The Balaban J connectivity index is 0.936. The molecule has 2 aliphatic rings. The largest absolute Gasteiger partial charge is 0.490 e. The van der Waals surface area contributed by atoms with Crippen molar-refractivity contribution < 1.29 is 9.53 Å². The van der Waals surface area contributed by atoms with Gasteiger partial charge in [-0.2, -0.15) is 5.10 Å². The van der Waals surface area contributed by atoms with Crippen molar-refractivity contribution in [3.63, 3.8) is 0 Å². The minimum atomic E-state index is 0.167. The molecule has 42 heavy (non-hydrogen) atoms. The van der Waals surface area contributed by atoms with Crippen LogP contribution in [0.1, 0.15) is 59.2 Å². The maximum atomic E-state index is 13.2. The smallest absolute Gasteiger partial charge is 0.163 e. The van der Waals surface area contributed by atoms with Crippen LogP contribution in [0, 0.1) is 12.8 Å². The number of hydrogen-bond donors (Lipinski definition) is 0. The van der Waals surface area contributed by atoms with Crippen molar-refractivity contribution in [2.24, 2.45) is 5.92 Å². The van der Waals surface area contributed by atoms with Gasteiger partial charge in [-0.1, -0.05) is 48.0 Å². The average Bonchev–Trinajstić information content (AvgIpc) is 3.49. The van der Waals surface area contributed by atoms with E-state index in [1.54, 1.807) is 6.20 Å². The highest BCUT2D eigenvalue weighted by atomic mass is 16.5. The van der Waals surface area contributed by atoms with E-state index in [4.69, 9.17) is 4.74 Å². The van der Waals surface area contributed by atoms with E-state index in [0.717, 1.165) is 82.1 Å². The lowest BCUT2D eigenvalue weighted by Gasteiger charge is -2.32. The third kappa shape index (κ3) is 7.52. The highest BCUT2D eigenvalue weighted by Gasteiger charge is 2.24. The SMILES string of the molecule is Cc1ccc(CN2CCC(CC(=O)c3cccc(OC4CCN(Cc5cnn(-c6ccccn6)c5)CC4)c3)CC2)cc1. The van der Waals surface area contributed by atoms with Crippen LogP contribution >= 0.6 is 0 Å². The molecule has 2 fully saturated rings. The van der Waals surface area contributed by atoms with Gasteiger partial charge in [-0.3, -0.25) is 14.6 Å². The minimum Gasteiger partial charge on any atom is -0.490 e. The summed E-state index contributed by atoms with van der Waals surface area (Å²) in [5.41, 5.74) is 4.63. The van der Waals surface area contributed by atoms with Gasteiger partial charge in [-0.05, 0) is 81.4 Å². The molecule has 2 saturated heterocycles. The van der Waals surface area contributed by atoms with E-state index >= 15 is 0 Å². The number of rotatable bonds is 10. The van der Waals surface area contributed by atoms with Crippen molar-refractivity contribution in [3.8, 4) is 11.6 Å². The number of nitrogens with zero attached hydrogens (tertiary/aromatic N) is 5. The highest BCUT2D eigenvalue weighted by Crippen LogP contribution is 2.26. The topological polar surface area (TPSA) is 63.5 Å². The Morgan fingerprint density at radius 1 is 0.857 bits per heavy atom. The zero-order chi connectivity index (χ0) is 28.7. The van der Waals surface area contributed by atoms with Gasteiger partial charge in [0.1, 0.15) is 11.9 Å². The Hall–Kier alpha value is -3.81. The van der Waals surface area contributed by atoms with E-state index in [9.17, 15) is 4.79 Å². The van der Waals surface area contributed by atoms with E-state index in [-0.39, 0.29) is 11.9 Å². The first kappa shape index (κ1) is 28.3. The van der Waals surface area contributed by atoms with Gasteiger partial charge in [0.2, 0.25) is 0 Å². The number of aryl methyl sites for hydroxylation is 1. The van der Waals surface area contributed by atoms with Crippen LogP contribution in [-0.2, 0) is 13.1 Å². The number of likely N-dealkylation sites (tertiary alicyclic amines) is 2. The van der Waals surface area contributed by atoms with Gasteiger partial charge in [0, 0.05) is 56.1 Å². The van der Waals surface area contributed by atoms with Gasteiger partial charge in [-0.15, -0.1) is 0 Å². The van der Waals surface area contributed by atoms with Crippen molar-refractivity contribution in [3.05, 3.63) is 108 Å². The monoisotopic (exact) mass is 563 g/mol. The Bertz CT molecular complexity index is 1440. The first-order valence-electron chi connectivity index (χ1n) is 15.3. The number of hydrogen-bond acceptors (Lipinski definition) is 6. The number of Topliss-reactive ketones (excluding diaryl/α,β-unsaturated/α-hetero) is 1. The van der Waals surface area contributed by atoms with E-state index in [1.807, 2.05) is 53.3 Å². The van der Waals surface area contributed by atoms with Crippen LogP contribution < -0.4 is 4.74 Å². The quantitative estimate of drug-likeness (QED) is 0.217. The molecule has 0 atom stereocenters. The lowest BCUT2D eigenvalue weighted by atomic mass is 9.89. The van der Waals surface area contributed by atoms with E-state index in [1.165, 1.54) is 16.7 Å². The summed E-state index contributed by atoms with van der Waals surface area (Å²) in [7, 11) is 0. The first-order chi connectivity index (χ1) is 20.6. The normalized spacial score (nSPS) is 17.4. The summed E-state index contributed by atoms with van der Waals surface area (Å²) in [6.07, 6.45) is 10.6. The third-order valence-corrected chi connectivity index (χ3v) is 8.63. The summed E-state index contributed by atoms with van der Waals surface area (Å²) in [5.74, 6) is 2.33. The molecule has 7 heteroatoms. The molecule has 0 spiro atoms. The van der Waals surface area contributed by atoms with Crippen molar-refractivity contribution in [2.45, 2.75) is 58.2 Å². The fourth-order valence-electron chi connectivity index (χ4n) is 6.12. The Morgan fingerprint density at radius 3 is 2.33 bits per heavy atom. The van der Waals surface area contributed by atoms with Crippen LogP contribution in [0.2, 0.25) is 0 Å². The van der Waals surface area contributed by atoms with E-state index in [2.05, 4.69) is 57.3 Å². The molecular formula is C35H41N5O2. The van der Waals surface area contributed by atoms with Gasteiger partial charge in [0.15, 0.2) is 11.6 Å². The molecule has 218 valence electrons. The third-order valence-electron chi connectivity index (χ3n) is 8.63. The summed E-state index contributed by atoms with van der Waals surface area (Å²) < 4.78 is 8.19. The molecule has 6 rings (SSSR count). The summed E-state index contributed by atoms with van der Waals surface area (Å²) in [5, 5.41) is 4.48. The molecule has 4 aromatic rings. The molecule has 0 aliphatic carbocycles. The van der Waals surface area contributed by atoms with Crippen LogP contribution in [0.5, 0.6) is 5.75 Å². The van der Waals surface area contributed by atoms with Crippen LogP contribution in [0.3, 0.4) is 0 Å². The van der Waals surface area contributed by atoms with Crippen molar-refractivity contribution in [1.29, 1.82) is 0 Å². The molecule has 0 radical (unpaired) electrons. The number of ether oxygens (including phenoxy) is 1. The van der Waals surface area contributed by atoms with Crippen molar-refractivity contribution >= 4 is 5.78 Å². The lowest BCUT2D eigenvalue weighted by molar-refractivity contribution is 0.0915. The number of benzene rings is 2. The number of ketones is 1. The molecule has 2 aliphatic heterocycles. The molecule has 4 heterocycles. The second-order valence-electron chi connectivity index (χ2n) is 11.9. The van der Waals surface area contributed by atoms with Gasteiger partial charge in [0.25, 0.3) is 0 Å². The predicted octanol–water partition coefficient (Wildman–Crippen LogP) is 6.10. The molecule has 7 nitrogen and oxygen atoms in total. The van der Waals surface area contributed by atoms with Gasteiger partial charge in [0.05, 0.1) is 6.20 Å². The first-order valence-corrected chi connectivity index (χ1v) is 15.3. The van der Waals surface area contributed by atoms with Gasteiger partial charge >= 0.3 is 0 Å². The van der Waals surface area contributed by atoms with Gasteiger partial charge < -0.3 is 4.74 Å². The number of piperidine rings is 2. The van der Waals surface area contributed by atoms with Crippen LogP contribution in [0.15, 0.2) is 85.3 Å². The Kier molecular flexibility index (Phi) is 9.06. The molecule has 2 aromatic carbocycles. The predicted molar refractivity (Wildman–Crippen MR) is 165 cm³/mol. The second kappa shape index (κ2) is 13.4. The fourth-order valence-corrected chi connectivity index (χ4v) is 6.12. The number of carbonyl (C=O) groups excluding carboxylic acids is 1. The number of carbonyl (C=O) groups is 1. The molecule has 0 N–H and O–H groups in total. The van der Waals surface area contributed by atoms with Crippen LogP contribution in [0.4, 0.5) is 0 Å². The minimum absolute atomic E-state index is 0.167. The summed E-state index contributed by atoms with van der Waals surface area (Å²) >= 11 is 0. The second-order valence-corrected chi connectivity index (χ2v) is 11.9. The molecule has 0 bridgehead atoms. The van der Waals surface area contributed by atoms with Crippen molar-refractivity contribution in [1.82, 2.24) is 24.6 Å². The van der Waals surface area contributed by atoms with Gasteiger partial charge in [-0.25, -0.2) is 9.67 Å². The molecule has 2 aromatic heterocycles. The number of aromatic nitrogens is 3. The van der Waals surface area contributed by atoms with Crippen LogP contribution in [-0.4, -0.2) is 62.6 Å². The maximum Gasteiger partial charge on any atom is 0.163 e.